The van der Waals surface area contributed by atoms with E-state index in [2.05, 4.69) is 10.2 Å². The van der Waals surface area contributed by atoms with Crippen LogP contribution in [0.4, 0.5) is 5.69 Å². The van der Waals surface area contributed by atoms with Gasteiger partial charge < -0.3 is 5.11 Å². The first-order valence-electron chi connectivity index (χ1n) is 4.90. The normalized spacial score (nSPS) is 12.7. The highest BCUT2D eigenvalue weighted by molar-refractivity contribution is 5.93. The van der Waals surface area contributed by atoms with Crippen LogP contribution in [0.5, 0.6) is 0 Å². The van der Waals surface area contributed by atoms with E-state index in [0.717, 1.165) is 5.56 Å². The average Bonchev–Trinajstić information content (AvgIpc) is 2.20. The summed E-state index contributed by atoms with van der Waals surface area (Å²) < 4.78 is 0. The second-order valence-corrected chi connectivity index (χ2v) is 3.48. The van der Waals surface area contributed by atoms with E-state index < -0.39 is 0 Å². The Balaban J connectivity index is 3.02. The molecule has 0 saturated heterocycles. The Bertz CT molecular complexity index is 458. The van der Waals surface area contributed by atoms with Crippen LogP contribution in [0.3, 0.4) is 0 Å². The third-order valence-electron chi connectivity index (χ3n) is 2.05. The van der Waals surface area contributed by atoms with Crippen LogP contribution >= 0.6 is 0 Å². The Morgan fingerprint density at radius 3 is 2.38 bits per heavy atom. The first-order valence-corrected chi connectivity index (χ1v) is 4.90. The lowest BCUT2D eigenvalue weighted by molar-refractivity contribution is -0.113. The van der Waals surface area contributed by atoms with Gasteiger partial charge in [0.05, 0.1) is 5.69 Å². The molecule has 1 N–H and O–H groups in total. The van der Waals surface area contributed by atoms with Gasteiger partial charge >= 0.3 is 0 Å². The molecule has 0 aromatic heterocycles. The van der Waals surface area contributed by atoms with Gasteiger partial charge in [0.25, 0.3) is 0 Å². The molecule has 0 aliphatic carbocycles. The number of nitrogens with zero attached hydrogens (tertiary/aromatic N) is 2. The van der Waals surface area contributed by atoms with Crippen LogP contribution in [0, 0.1) is 6.92 Å². The van der Waals surface area contributed by atoms with Crippen LogP contribution in [0.25, 0.3) is 0 Å². The van der Waals surface area contributed by atoms with Gasteiger partial charge in [-0.1, -0.05) is 18.2 Å². The fourth-order valence-electron chi connectivity index (χ4n) is 1.18. The molecule has 0 aliphatic heterocycles. The predicted octanol–water partition coefficient (Wildman–Crippen LogP) is 3.46. The van der Waals surface area contributed by atoms with Crippen LogP contribution in [0.15, 0.2) is 46.0 Å². The van der Waals surface area contributed by atoms with E-state index in [9.17, 15) is 9.90 Å². The molecule has 1 aromatic carbocycles. The Hall–Kier alpha value is -1.97. The topological polar surface area (TPSA) is 62.0 Å². The highest BCUT2D eigenvalue weighted by atomic mass is 16.3. The molecule has 0 heterocycles. The summed E-state index contributed by atoms with van der Waals surface area (Å²) in [4.78, 5) is 11.1. The lowest BCUT2D eigenvalue weighted by Crippen LogP contribution is -1.96. The summed E-state index contributed by atoms with van der Waals surface area (Å²) in [7, 11) is 0. The smallest absolute Gasteiger partial charge is 0.183 e. The number of azo groups is 1. The van der Waals surface area contributed by atoms with Gasteiger partial charge in [0, 0.05) is 6.92 Å². The number of benzene rings is 1. The van der Waals surface area contributed by atoms with Crippen molar-refractivity contribution in [3.63, 3.8) is 0 Å². The zero-order valence-corrected chi connectivity index (χ0v) is 9.56. The van der Waals surface area contributed by atoms with Crippen LogP contribution in [0.1, 0.15) is 19.4 Å². The molecule has 0 spiro atoms. The molecule has 0 fully saturated rings. The Morgan fingerprint density at radius 1 is 1.25 bits per heavy atom. The van der Waals surface area contributed by atoms with Crippen molar-refractivity contribution in [3.8, 4) is 0 Å². The van der Waals surface area contributed by atoms with Crippen molar-refractivity contribution in [2.45, 2.75) is 20.8 Å². The highest BCUT2D eigenvalue weighted by Crippen LogP contribution is 2.19. The number of ketones is 1. The van der Waals surface area contributed by atoms with Crippen molar-refractivity contribution in [1.29, 1.82) is 0 Å². The summed E-state index contributed by atoms with van der Waals surface area (Å²) in [5.74, 6) is -0.429. The molecule has 0 aliphatic rings. The molecule has 1 rings (SSSR count). The van der Waals surface area contributed by atoms with E-state index in [1.807, 2.05) is 25.1 Å². The summed E-state index contributed by atoms with van der Waals surface area (Å²) in [6, 6.07) is 7.43. The summed E-state index contributed by atoms with van der Waals surface area (Å²) >= 11 is 0. The summed E-state index contributed by atoms with van der Waals surface area (Å²) in [6.07, 6.45) is 0. The zero-order chi connectivity index (χ0) is 12.1. The number of aliphatic hydroxyl groups is 1. The number of hydrogen-bond donors (Lipinski definition) is 1. The van der Waals surface area contributed by atoms with Crippen molar-refractivity contribution < 1.29 is 9.90 Å². The van der Waals surface area contributed by atoms with Gasteiger partial charge in [-0.15, -0.1) is 5.11 Å². The molecule has 0 bridgehead atoms. The van der Waals surface area contributed by atoms with Crippen molar-refractivity contribution in [2.75, 3.05) is 0 Å². The second kappa shape index (κ2) is 5.21. The minimum Gasteiger partial charge on any atom is -0.510 e. The van der Waals surface area contributed by atoms with Crippen LogP contribution < -0.4 is 0 Å². The van der Waals surface area contributed by atoms with E-state index in [-0.39, 0.29) is 17.2 Å². The molecule has 84 valence electrons. The summed E-state index contributed by atoms with van der Waals surface area (Å²) in [6.45, 7) is 4.65. The van der Waals surface area contributed by atoms with Gasteiger partial charge in [0.2, 0.25) is 0 Å². The quantitative estimate of drug-likeness (QED) is 0.479. The lowest BCUT2D eigenvalue weighted by atomic mass is 10.2. The zero-order valence-electron chi connectivity index (χ0n) is 9.56. The van der Waals surface area contributed by atoms with E-state index in [1.54, 1.807) is 6.07 Å². The Labute approximate surface area is 94.3 Å². The monoisotopic (exact) mass is 218 g/mol. The molecule has 4 heteroatoms. The number of carbonyl (C=O) groups excluding carboxylic acids is 1. The van der Waals surface area contributed by atoms with Gasteiger partial charge in [-0.2, -0.15) is 5.11 Å². The lowest BCUT2D eigenvalue weighted by Gasteiger charge is -1.99. The van der Waals surface area contributed by atoms with E-state index in [4.69, 9.17) is 0 Å². The molecule has 0 unspecified atom stereocenters. The van der Waals surface area contributed by atoms with Crippen LogP contribution in [-0.2, 0) is 4.79 Å². The second-order valence-electron chi connectivity index (χ2n) is 3.48. The molecular formula is C12H14N2O2. The first kappa shape index (κ1) is 12.1. The van der Waals surface area contributed by atoms with Crippen molar-refractivity contribution >= 4 is 11.5 Å². The van der Waals surface area contributed by atoms with Crippen LogP contribution in [0.2, 0.25) is 0 Å². The number of Topliss-reactive ketones (excluding diaryl/α,β-unsaturated/α-hetero) is 1. The molecule has 16 heavy (non-hydrogen) atoms. The van der Waals surface area contributed by atoms with Gasteiger partial charge in [-0.25, -0.2) is 0 Å². The Morgan fingerprint density at radius 2 is 1.88 bits per heavy atom. The fourth-order valence-corrected chi connectivity index (χ4v) is 1.18. The molecular weight excluding hydrogens is 204 g/mol. The Kier molecular flexibility index (Phi) is 3.94. The highest BCUT2D eigenvalue weighted by Gasteiger charge is 2.06. The first-order chi connectivity index (χ1) is 7.52. The van der Waals surface area contributed by atoms with Crippen molar-refractivity contribution in [1.82, 2.24) is 0 Å². The molecule has 0 radical (unpaired) electrons. The number of hydrogen-bond acceptors (Lipinski definition) is 4. The number of rotatable bonds is 3. The number of aliphatic hydroxyl groups excluding tert-OH is 1. The number of allylic oxidation sites excluding steroid dienone is 2. The van der Waals surface area contributed by atoms with Gasteiger partial charge in [-0.3, -0.25) is 4.79 Å². The van der Waals surface area contributed by atoms with Crippen molar-refractivity contribution in [3.05, 3.63) is 41.3 Å². The fraction of sp³-hybridized carbons (Fsp3) is 0.250. The minimum atomic E-state index is -0.308. The van der Waals surface area contributed by atoms with E-state index in [1.165, 1.54) is 13.8 Å². The largest absolute Gasteiger partial charge is 0.510 e. The van der Waals surface area contributed by atoms with E-state index >= 15 is 0 Å². The van der Waals surface area contributed by atoms with Crippen molar-refractivity contribution in [2.24, 2.45) is 10.2 Å². The summed E-state index contributed by atoms with van der Waals surface area (Å²) in [5, 5.41) is 16.9. The molecule has 4 nitrogen and oxygen atoms in total. The van der Waals surface area contributed by atoms with E-state index in [0.29, 0.717) is 5.69 Å². The van der Waals surface area contributed by atoms with Gasteiger partial charge in [0.15, 0.2) is 11.5 Å². The van der Waals surface area contributed by atoms with Gasteiger partial charge in [0.1, 0.15) is 5.76 Å². The molecule has 1 aromatic rings. The standard InChI is InChI=1S/C12H14N2O2/c1-8-6-4-5-7-11(8)13-14-12(9(2)15)10(3)16/h4-7,15H,1-3H3. The average molecular weight is 218 g/mol. The minimum absolute atomic E-state index is 0.0109. The molecule has 0 amide bonds. The van der Waals surface area contributed by atoms with Crippen LogP contribution in [-0.4, -0.2) is 10.9 Å². The maximum Gasteiger partial charge on any atom is 0.183 e. The SMILES string of the molecule is CC(=O)C(N=Nc1ccccc1C)=C(C)O. The maximum absolute atomic E-state index is 11.1. The third kappa shape index (κ3) is 3.02. The predicted molar refractivity (Wildman–Crippen MR) is 61.7 cm³/mol. The number of carbonyl (C=O) groups is 1. The molecule has 0 saturated carbocycles. The third-order valence-corrected chi connectivity index (χ3v) is 2.05. The van der Waals surface area contributed by atoms with Gasteiger partial charge in [-0.05, 0) is 25.5 Å². The molecule has 0 atom stereocenters. The number of aryl methyl sites for hydroxylation is 1. The summed E-state index contributed by atoms with van der Waals surface area (Å²) in [5.41, 5.74) is 1.63. The maximum atomic E-state index is 11.1.